The minimum Gasteiger partial charge on any atom is -0.340 e. The number of aromatic nitrogens is 2. The van der Waals surface area contributed by atoms with Crippen LogP contribution in [0.2, 0.25) is 0 Å². The molecule has 0 aliphatic carbocycles. The molecular formula is C18H33Cl2N5O2. The molecule has 3 rings (SSSR count). The molecule has 2 fully saturated rings. The van der Waals surface area contributed by atoms with Crippen molar-refractivity contribution in [2.45, 2.75) is 52.0 Å². The molecule has 0 spiro atoms. The minimum atomic E-state index is -0.120. The van der Waals surface area contributed by atoms with Crippen molar-refractivity contribution in [3.63, 3.8) is 0 Å². The molecule has 2 aliphatic heterocycles. The number of rotatable bonds is 5. The lowest BCUT2D eigenvalue weighted by Gasteiger charge is -2.34. The number of carbonyl (C=O) groups is 1. The lowest BCUT2D eigenvalue weighted by atomic mass is 9.97. The summed E-state index contributed by atoms with van der Waals surface area (Å²) in [4.78, 5) is 21.2. The van der Waals surface area contributed by atoms with Crippen LogP contribution >= 0.6 is 24.8 Å². The smallest absolute Gasteiger partial charge is 0.232 e. The van der Waals surface area contributed by atoms with Crippen LogP contribution in [0, 0.1) is 5.92 Å². The maximum atomic E-state index is 12.4. The molecule has 7 nitrogen and oxygen atoms in total. The zero-order valence-corrected chi connectivity index (χ0v) is 18.2. The second kappa shape index (κ2) is 10.6. The van der Waals surface area contributed by atoms with Crippen LogP contribution in [0.5, 0.6) is 0 Å². The van der Waals surface area contributed by atoms with Crippen LogP contribution < -0.4 is 5.32 Å². The van der Waals surface area contributed by atoms with E-state index in [4.69, 9.17) is 4.52 Å². The van der Waals surface area contributed by atoms with Crippen LogP contribution in [-0.4, -0.2) is 65.1 Å². The molecule has 1 N–H and O–H groups in total. The Balaban J connectivity index is 0.00000182. The average molecular weight is 422 g/mol. The Hall–Kier alpha value is -0.890. The Bertz CT molecular complexity index is 577. The van der Waals surface area contributed by atoms with Gasteiger partial charge in [-0.2, -0.15) is 4.98 Å². The highest BCUT2D eigenvalue weighted by atomic mass is 35.5. The van der Waals surface area contributed by atoms with Crippen molar-refractivity contribution in [3.8, 4) is 0 Å². The molecule has 1 atom stereocenters. The Morgan fingerprint density at radius 1 is 1.22 bits per heavy atom. The fourth-order valence-electron chi connectivity index (χ4n) is 3.42. The fourth-order valence-corrected chi connectivity index (χ4v) is 3.42. The van der Waals surface area contributed by atoms with Gasteiger partial charge in [0.25, 0.3) is 0 Å². The number of hydrogen-bond acceptors (Lipinski definition) is 6. The Morgan fingerprint density at radius 2 is 1.93 bits per heavy atom. The van der Waals surface area contributed by atoms with Gasteiger partial charge in [-0.25, -0.2) is 0 Å². The van der Waals surface area contributed by atoms with E-state index in [2.05, 4.69) is 41.1 Å². The zero-order valence-electron chi connectivity index (χ0n) is 16.6. The number of nitrogens with one attached hydrogen (secondary N) is 1. The summed E-state index contributed by atoms with van der Waals surface area (Å²) in [5, 5.41) is 7.45. The first-order chi connectivity index (χ1) is 11.9. The predicted molar refractivity (Wildman–Crippen MR) is 110 cm³/mol. The van der Waals surface area contributed by atoms with Crippen molar-refractivity contribution in [1.29, 1.82) is 0 Å². The molecule has 156 valence electrons. The summed E-state index contributed by atoms with van der Waals surface area (Å²) in [6.07, 6.45) is 2.92. The van der Waals surface area contributed by atoms with E-state index in [9.17, 15) is 4.79 Å². The van der Waals surface area contributed by atoms with Gasteiger partial charge in [0, 0.05) is 38.0 Å². The number of carbonyl (C=O) groups excluding carboxylic acids is 1. The molecule has 27 heavy (non-hydrogen) atoms. The van der Waals surface area contributed by atoms with E-state index >= 15 is 0 Å². The molecule has 0 saturated carbocycles. The van der Waals surface area contributed by atoms with Gasteiger partial charge in [-0.1, -0.05) is 25.9 Å². The topological polar surface area (TPSA) is 74.5 Å². The van der Waals surface area contributed by atoms with E-state index in [0.717, 1.165) is 51.5 Å². The first-order valence-corrected chi connectivity index (χ1v) is 9.46. The standard InChI is InChI=1S/C18H31N5O2.2ClH/c1-18(2,3)17-20-15(21-25-17)13-22-8-10-23(11-9-22)16(24)5-4-14-6-7-19-12-14;;/h14,19H,4-13H2,1-3H3;2*1H. The first-order valence-electron chi connectivity index (χ1n) is 9.46. The lowest BCUT2D eigenvalue weighted by Crippen LogP contribution is -2.48. The van der Waals surface area contributed by atoms with Gasteiger partial charge in [0.1, 0.15) is 0 Å². The van der Waals surface area contributed by atoms with Crippen molar-refractivity contribution in [2.75, 3.05) is 39.3 Å². The molecule has 0 bridgehead atoms. The van der Waals surface area contributed by atoms with Gasteiger partial charge in [0.15, 0.2) is 5.82 Å². The minimum absolute atomic E-state index is 0. The van der Waals surface area contributed by atoms with Gasteiger partial charge in [-0.3, -0.25) is 9.69 Å². The van der Waals surface area contributed by atoms with Gasteiger partial charge in [-0.05, 0) is 31.8 Å². The van der Waals surface area contributed by atoms with E-state index in [1.165, 1.54) is 6.42 Å². The third-order valence-corrected chi connectivity index (χ3v) is 5.13. The van der Waals surface area contributed by atoms with Crippen LogP contribution in [0.15, 0.2) is 4.52 Å². The highest BCUT2D eigenvalue weighted by Gasteiger charge is 2.25. The summed E-state index contributed by atoms with van der Waals surface area (Å²) in [7, 11) is 0. The molecule has 1 amide bonds. The SMILES string of the molecule is CC(C)(C)c1nc(CN2CCN(C(=O)CCC3CCNC3)CC2)no1.Cl.Cl. The van der Waals surface area contributed by atoms with Gasteiger partial charge in [0.05, 0.1) is 6.54 Å². The predicted octanol–water partition coefficient (Wildman–Crippen LogP) is 2.24. The molecule has 2 saturated heterocycles. The first kappa shape index (κ1) is 24.1. The van der Waals surface area contributed by atoms with E-state index in [1.54, 1.807) is 0 Å². The maximum Gasteiger partial charge on any atom is 0.232 e. The van der Waals surface area contributed by atoms with Crippen LogP contribution in [0.25, 0.3) is 0 Å². The summed E-state index contributed by atoms with van der Waals surface area (Å²) in [6, 6.07) is 0. The van der Waals surface area contributed by atoms with Crippen molar-refractivity contribution in [2.24, 2.45) is 5.92 Å². The van der Waals surface area contributed by atoms with Gasteiger partial charge in [0.2, 0.25) is 11.8 Å². The number of amides is 1. The number of piperazine rings is 1. The summed E-state index contributed by atoms with van der Waals surface area (Å²) < 4.78 is 5.35. The third-order valence-electron chi connectivity index (χ3n) is 5.13. The average Bonchev–Trinajstić information content (AvgIpc) is 3.24. The molecule has 0 aromatic carbocycles. The monoisotopic (exact) mass is 421 g/mol. The van der Waals surface area contributed by atoms with Gasteiger partial charge < -0.3 is 14.7 Å². The van der Waals surface area contributed by atoms with Crippen molar-refractivity contribution in [3.05, 3.63) is 11.7 Å². The molecule has 3 heterocycles. The van der Waals surface area contributed by atoms with Crippen LogP contribution in [0.4, 0.5) is 0 Å². The van der Waals surface area contributed by atoms with Crippen molar-refractivity contribution < 1.29 is 9.32 Å². The van der Waals surface area contributed by atoms with E-state index in [1.807, 2.05) is 4.90 Å². The summed E-state index contributed by atoms with van der Waals surface area (Å²) in [5.74, 6) is 2.40. The Morgan fingerprint density at radius 3 is 2.48 bits per heavy atom. The molecule has 1 aromatic rings. The quantitative estimate of drug-likeness (QED) is 0.785. The number of nitrogens with zero attached hydrogens (tertiary/aromatic N) is 4. The summed E-state index contributed by atoms with van der Waals surface area (Å²) in [6.45, 7) is 12.4. The van der Waals surface area contributed by atoms with Crippen LogP contribution in [0.3, 0.4) is 0 Å². The van der Waals surface area contributed by atoms with Gasteiger partial charge >= 0.3 is 0 Å². The third kappa shape index (κ3) is 6.89. The second-order valence-corrected chi connectivity index (χ2v) is 8.32. The zero-order chi connectivity index (χ0) is 17.9. The largest absolute Gasteiger partial charge is 0.340 e. The van der Waals surface area contributed by atoms with E-state index in [0.29, 0.717) is 30.7 Å². The van der Waals surface area contributed by atoms with Crippen LogP contribution in [0.1, 0.15) is 51.7 Å². The highest BCUT2D eigenvalue weighted by Crippen LogP contribution is 2.20. The summed E-state index contributed by atoms with van der Waals surface area (Å²) in [5.41, 5.74) is -0.120. The molecule has 2 aliphatic rings. The Kier molecular flexibility index (Phi) is 9.48. The Labute approximate surface area is 174 Å². The highest BCUT2D eigenvalue weighted by molar-refractivity contribution is 5.85. The molecule has 9 heteroatoms. The van der Waals surface area contributed by atoms with Crippen molar-refractivity contribution in [1.82, 2.24) is 25.3 Å². The van der Waals surface area contributed by atoms with Crippen LogP contribution in [-0.2, 0) is 16.8 Å². The normalized spacial score (nSPS) is 20.9. The molecule has 0 radical (unpaired) electrons. The molecule has 1 aromatic heterocycles. The second-order valence-electron chi connectivity index (χ2n) is 8.32. The van der Waals surface area contributed by atoms with Crippen molar-refractivity contribution >= 4 is 30.7 Å². The van der Waals surface area contributed by atoms with Gasteiger partial charge in [-0.15, -0.1) is 24.8 Å². The fraction of sp³-hybridized carbons (Fsp3) is 0.833. The molecular weight excluding hydrogens is 389 g/mol. The number of halogens is 2. The molecule has 1 unspecified atom stereocenters. The number of hydrogen-bond donors (Lipinski definition) is 1. The summed E-state index contributed by atoms with van der Waals surface area (Å²) >= 11 is 0. The van der Waals surface area contributed by atoms with E-state index in [-0.39, 0.29) is 30.2 Å². The lowest BCUT2D eigenvalue weighted by molar-refractivity contribution is -0.133. The van der Waals surface area contributed by atoms with E-state index < -0.39 is 0 Å². The maximum absolute atomic E-state index is 12.4.